The summed E-state index contributed by atoms with van der Waals surface area (Å²) in [5, 5.41) is 6.15. The Balaban J connectivity index is 0.00000196. The Bertz CT molecular complexity index is 755. The van der Waals surface area contributed by atoms with Gasteiger partial charge in [-0.15, -0.1) is 24.0 Å². The lowest BCUT2D eigenvalue weighted by Gasteiger charge is -2.25. The molecule has 0 aromatic heterocycles. The normalized spacial score (nSPS) is 21.2. The quantitative estimate of drug-likeness (QED) is 0.427. The van der Waals surface area contributed by atoms with Crippen molar-refractivity contribution in [2.24, 2.45) is 4.99 Å². The number of guanidine groups is 1. The fourth-order valence-corrected chi connectivity index (χ4v) is 4.20. The van der Waals surface area contributed by atoms with Gasteiger partial charge in [-0.25, -0.2) is 0 Å². The van der Waals surface area contributed by atoms with Crippen LogP contribution in [0, 0.1) is 0 Å². The third kappa shape index (κ3) is 4.31. The Hall–Kier alpha value is -1.34. The number of nitrogens with one attached hydrogen (secondary N) is 1. The van der Waals surface area contributed by atoms with Crippen LogP contribution in [0.2, 0.25) is 0 Å². The summed E-state index contributed by atoms with van der Waals surface area (Å²) in [5.74, 6) is 1.04. The van der Waals surface area contributed by atoms with Crippen LogP contribution in [-0.4, -0.2) is 55.0 Å². The third-order valence-corrected chi connectivity index (χ3v) is 5.60. The highest BCUT2D eigenvalue weighted by Crippen LogP contribution is 2.20. The van der Waals surface area contributed by atoms with Crippen LogP contribution < -0.4 is 5.32 Å². The summed E-state index contributed by atoms with van der Waals surface area (Å²) in [6.45, 7) is 5.60. The van der Waals surface area contributed by atoms with Crippen LogP contribution in [0.5, 0.6) is 0 Å². The van der Waals surface area contributed by atoms with Crippen molar-refractivity contribution in [3.63, 3.8) is 0 Å². The van der Waals surface area contributed by atoms with Gasteiger partial charge in [-0.3, -0.25) is 9.89 Å². The number of halogens is 1. The molecular formula is C21H29IN4. The van der Waals surface area contributed by atoms with E-state index in [-0.39, 0.29) is 24.0 Å². The zero-order chi connectivity index (χ0) is 17.1. The molecule has 2 fully saturated rings. The standard InChI is InChI=1S/C21H28N4.HI/c1-22-21(25-13-10-20(16-25)24-11-4-5-12-24)23-15-17-8-9-18-6-2-3-7-19(18)14-17;/h2-3,6-9,14,20H,4-5,10-13,15-16H2,1H3,(H,22,23);1H. The van der Waals surface area contributed by atoms with E-state index in [9.17, 15) is 0 Å². The molecule has 0 amide bonds. The van der Waals surface area contributed by atoms with Gasteiger partial charge in [-0.1, -0.05) is 36.4 Å². The summed E-state index contributed by atoms with van der Waals surface area (Å²) in [7, 11) is 1.89. The summed E-state index contributed by atoms with van der Waals surface area (Å²) < 4.78 is 0. The monoisotopic (exact) mass is 464 g/mol. The number of benzene rings is 2. The van der Waals surface area contributed by atoms with E-state index in [1.807, 2.05) is 7.05 Å². The van der Waals surface area contributed by atoms with Gasteiger partial charge >= 0.3 is 0 Å². The van der Waals surface area contributed by atoms with Crippen molar-refractivity contribution < 1.29 is 0 Å². The molecule has 2 saturated heterocycles. The van der Waals surface area contributed by atoms with E-state index in [1.165, 1.54) is 48.7 Å². The molecule has 140 valence electrons. The van der Waals surface area contributed by atoms with Gasteiger partial charge < -0.3 is 10.2 Å². The predicted octanol–water partition coefficient (Wildman–Crippen LogP) is 3.70. The van der Waals surface area contributed by atoms with Crippen LogP contribution >= 0.6 is 24.0 Å². The lowest BCUT2D eigenvalue weighted by atomic mass is 10.1. The molecule has 0 radical (unpaired) electrons. The first-order chi connectivity index (χ1) is 12.3. The zero-order valence-corrected chi connectivity index (χ0v) is 17.9. The molecule has 1 unspecified atom stereocenters. The topological polar surface area (TPSA) is 30.9 Å². The second-order valence-corrected chi connectivity index (χ2v) is 7.21. The van der Waals surface area contributed by atoms with Crippen LogP contribution in [0.25, 0.3) is 10.8 Å². The molecule has 0 saturated carbocycles. The molecule has 0 aliphatic carbocycles. The number of hydrogen-bond donors (Lipinski definition) is 1. The van der Waals surface area contributed by atoms with Gasteiger partial charge in [0.15, 0.2) is 5.96 Å². The SMILES string of the molecule is CN=C(NCc1ccc2ccccc2c1)N1CCC(N2CCCC2)C1.I. The Kier molecular flexibility index (Phi) is 6.75. The molecule has 4 rings (SSSR count). The number of likely N-dealkylation sites (tertiary alicyclic amines) is 2. The number of hydrogen-bond acceptors (Lipinski definition) is 2. The highest BCUT2D eigenvalue weighted by molar-refractivity contribution is 14.0. The van der Waals surface area contributed by atoms with E-state index in [0.717, 1.165) is 25.6 Å². The fourth-order valence-electron chi connectivity index (χ4n) is 4.20. The summed E-state index contributed by atoms with van der Waals surface area (Å²) >= 11 is 0. The van der Waals surface area contributed by atoms with Crippen molar-refractivity contribution in [3.05, 3.63) is 48.0 Å². The van der Waals surface area contributed by atoms with Gasteiger partial charge in [-0.2, -0.15) is 0 Å². The zero-order valence-electron chi connectivity index (χ0n) is 15.5. The summed E-state index contributed by atoms with van der Waals surface area (Å²) in [6, 6.07) is 15.9. The second-order valence-electron chi connectivity index (χ2n) is 7.21. The van der Waals surface area contributed by atoms with E-state index >= 15 is 0 Å². The lowest BCUT2D eigenvalue weighted by Crippen LogP contribution is -2.42. The molecule has 0 spiro atoms. The van der Waals surface area contributed by atoms with Gasteiger partial charge in [0.2, 0.25) is 0 Å². The summed E-state index contributed by atoms with van der Waals surface area (Å²) in [4.78, 5) is 9.61. The molecule has 5 heteroatoms. The van der Waals surface area contributed by atoms with Gasteiger partial charge in [0.25, 0.3) is 0 Å². The van der Waals surface area contributed by atoms with Crippen LogP contribution in [0.15, 0.2) is 47.5 Å². The van der Waals surface area contributed by atoms with Crippen molar-refractivity contribution in [1.82, 2.24) is 15.1 Å². The minimum Gasteiger partial charge on any atom is -0.352 e. The highest BCUT2D eigenvalue weighted by atomic mass is 127. The van der Waals surface area contributed by atoms with Crippen molar-refractivity contribution in [1.29, 1.82) is 0 Å². The first kappa shape index (κ1) is 19.4. The number of aliphatic imine (C=N–C) groups is 1. The Labute approximate surface area is 173 Å². The molecule has 0 bridgehead atoms. The first-order valence-corrected chi connectivity index (χ1v) is 9.51. The minimum atomic E-state index is 0. The Morgan fingerprint density at radius 2 is 1.85 bits per heavy atom. The molecule has 2 aromatic carbocycles. The van der Waals surface area contributed by atoms with E-state index in [2.05, 4.69) is 62.6 Å². The van der Waals surface area contributed by atoms with Crippen LogP contribution in [0.4, 0.5) is 0 Å². The molecule has 2 aliphatic rings. The van der Waals surface area contributed by atoms with E-state index in [4.69, 9.17) is 0 Å². The largest absolute Gasteiger partial charge is 0.352 e. The maximum absolute atomic E-state index is 4.52. The average Bonchev–Trinajstić information content (AvgIpc) is 3.34. The lowest BCUT2D eigenvalue weighted by molar-refractivity contribution is 0.249. The van der Waals surface area contributed by atoms with E-state index in [1.54, 1.807) is 0 Å². The summed E-state index contributed by atoms with van der Waals surface area (Å²) in [5.41, 5.74) is 1.30. The minimum absolute atomic E-state index is 0. The molecule has 2 aliphatic heterocycles. The van der Waals surface area contributed by atoms with Crippen molar-refractivity contribution in [2.45, 2.75) is 31.8 Å². The maximum Gasteiger partial charge on any atom is 0.193 e. The molecule has 1 atom stereocenters. The molecule has 4 nitrogen and oxygen atoms in total. The van der Waals surface area contributed by atoms with Crippen molar-refractivity contribution in [2.75, 3.05) is 33.2 Å². The molecule has 2 aromatic rings. The van der Waals surface area contributed by atoms with Gasteiger partial charge in [0.1, 0.15) is 0 Å². The first-order valence-electron chi connectivity index (χ1n) is 9.51. The molecule has 2 heterocycles. The fraction of sp³-hybridized carbons (Fsp3) is 0.476. The van der Waals surface area contributed by atoms with Gasteiger partial charge in [-0.05, 0) is 54.8 Å². The molecule has 1 N–H and O–H groups in total. The summed E-state index contributed by atoms with van der Waals surface area (Å²) in [6.07, 6.45) is 3.99. The van der Waals surface area contributed by atoms with Gasteiger partial charge in [0, 0.05) is 32.7 Å². The highest BCUT2D eigenvalue weighted by Gasteiger charge is 2.30. The third-order valence-electron chi connectivity index (χ3n) is 5.60. The predicted molar refractivity (Wildman–Crippen MR) is 120 cm³/mol. The van der Waals surface area contributed by atoms with Crippen LogP contribution in [0.1, 0.15) is 24.8 Å². The molecule has 26 heavy (non-hydrogen) atoms. The number of nitrogens with zero attached hydrogens (tertiary/aromatic N) is 3. The van der Waals surface area contributed by atoms with Crippen LogP contribution in [0.3, 0.4) is 0 Å². The van der Waals surface area contributed by atoms with Crippen LogP contribution in [-0.2, 0) is 6.54 Å². The number of fused-ring (bicyclic) bond motifs is 1. The Morgan fingerprint density at radius 1 is 1.08 bits per heavy atom. The number of rotatable bonds is 3. The average molecular weight is 464 g/mol. The second kappa shape index (κ2) is 9.04. The smallest absolute Gasteiger partial charge is 0.193 e. The van der Waals surface area contributed by atoms with Gasteiger partial charge in [0.05, 0.1) is 0 Å². The van der Waals surface area contributed by atoms with E-state index in [0.29, 0.717) is 6.04 Å². The van der Waals surface area contributed by atoms with Crippen molar-refractivity contribution >= 4 is 40.7 Å². The van der Waals surface area contributed by atoms with Crippen molar-refractivity contribution in [3.8, 4) is 0 Å². The molecular weight excluding hydrogens is 435 g/mol. The Morgan fingerprint density at radius 3 is 2.62 bits per heavy atom. The maximum atomic E-state index is 4.52. The van der Waals surface area contributed by atoms with E-state index < -0.39 is 0 Å².